The molecule has 0 amide bonds. The number of rotatable bonds is 12. The van der Waals surface area contributed by atoms with Crippen molar-refractivity contribution in [3.63, 3.8) is 0 Å². The summed E-state index contributed by atoms with van der Waals surface area (Å²) in [4.78, 5) is 0. The van der Waals surface area contributed by atoms with E-state index in [0.717, 1.165) is 23.0 Å². The zero-order valence-electron chi connectivity index (χ0n) is 61.3. The predicted molar refractivity (Wildman–Crippen MR) is 436 cm³/mol. The van der Waals surface area contributed by atoms with Crippen molar-refractivity contribution in [3.05, 3.63) is 336 Å². The van der Waals surface area contributed by atoms with E-state index in [1.54, 1.807) is 0 Å². The molecule has 2 aliphatic heterocycles. The predicted octanol–water partition coefficient (Wildman–Crippen LogP) is 16.7. The minimum absolute atomic E-state index is 0.0228. The number of fused-ring (bicyclic) bond motifs is 4. The van der Waals surface area contributed by atoms with Crippen LogP contribution in [-0.2, 0) is 32.5 Å². The summed E-state index contributed by atoms with van der Waals surface area (Å²) in [7, 11) is -0.905. The Morgan fingerprint density at radius 2 is 0.450 bits per heavy atom. The number of benzene rings is 12. The van der Waals surface area contributed by atoms with Gasteiger partial charge >= 0.3 is 618 Å². The van der Waals surface area contributed by atoms with Crippen LogP contribution in [0.3, 0.4) is 0 Å². The quantitative estimate of drug-likeness (QED) is 0.0897. The molecule has 0 fully saturated rings. The van der Waals surface area contributed by atoms with Gasteiger partial charge in [-0.2, -0.15) is 0 Å². The van der Waals surface area contributed by atoms with Gasteiger partial charge in [0, 0.05) is 0 Å². The second-order valence-corrected chi connectivity index (χ2v) is 47.9. The van der Waals surface area contributed by atoms with Crippen LogP contribution in [0.15, 0.2) is 291 Å². The Hall–Kier alpha value is -7.65. The van der Waals surface area contributed by atoms with Gasteiger partial charge in [0.2, 0.25) is 0 Å². The van der Waals surface area contributed by atoms with Crippen LogP contribution in [0.5, 0.6) is 23.0 Å². The normalized spacial score (nSPS) is 13.9. The summed E-state index contributed by atoms with van der Waals surface area (Å²) in [6, 6.07) is 109. The van der Waals surface area contributed by atoms with Crippen molar-refractivity contribution < 1.29 is 9.47 Å². The first-order valence-electron chi connectivity index (χ1n) is 35.4. The van der Waals surface area contributed by atoms with Crippen molar-refractivity contribution in [2.75, 3.05) is 0 Å². The zero-order chi connectivity index (χ0) is 70.5. The summed E-state index contributed by atoms with van der Waals surface area (Å²) in [5.74, 6) is 4.24. The molecule has 0 unspecified atom stereocenters. The summed E-state index contributed by atoms with van der Waals surface area (Å²) >= 11 is -6.17. The van der Waals surface area contributed by atoms with Crippen molar-refractivity contribution >= 4 is 107 Å². The van der Waals surface area contributed by atoms with Gasteiger partial charge in [-0.1, -0.05) is 0 Å². The summed E-state index contributed by atoms with van der Waals surface area (Å²) < 4.78 is 27.8. The van der Waals surface area contributed by atoms with Gasteiger partial charge in [0.1, 0.15) is 0 Å². The molecule has 0 N–H and O–H groups in total. The fourth-order valence-corrected chi connectivity index (χ4v) is 31.7. The third-order valence-corrected chi connectivity index (χ3v) is 37.7. The van der Waals surface area contributed by atoms with Crippen molar-refractivity contribution in [1.29, 1.82) is 0 Å². The van der Waals surface area contributed by atoms with E-state index in [0.29, 0.717) is 0 Å². The van der Waals surface area contributed by atoms with Crippen LogP contribution in [0.4, 0.5) is 0 Å². The van der Waals surface area contributed by atoms with Gasteiger partial charge < -0.3 is 0 Å². The molecule has 0 bridgehead atoms. The summed E-state index contributed by atoms with van der Waals surface area (Å²) in [6.07, 6.45) is 0. The average Bonchev–Trinajstić information content (AvgIpc) is 0.718. The van der Waals surface area contributed by atoms with Crippen molar-refractivity contribution in [2.24, 2.45) is 0 Å². The molecule has 0 atom stereocenters. The van der Waals surface area contributed by atoms with E-state index in [-0.39, 0.29) is 32.5 Å². The number of hydrogen-bond acceptors (Lipinski definition) is 2. The topological polar surface area (TPSA) is 18.5 Å². The summed E-state index contributed by atoms with van der Waals surface area (Å²) in [5.41, 5.74) is 9.93. The van der Waals surface area contributed by atoms with Gasteiger partial charge in [-0.3, -0.25) is 0 Å². The Labute approximate surface area is 613 Å². The van der Waals surface area contributed by atoms with Crippen LogP contribution in [0.25, 0.3) is 0 Å². The SMILES string of the molecule is CC(C)(C)c1cc(P(c2ccccc2)c2ccccc2)c2c(c1)C(C)(C)c1cc(C(C)(C)C)cc([As](c3ccccc3)c3ccccc3)c1O2.CC(C)(C)c1cc([As](c2ccccc2)c2ccccc2)c2c(c1)C(C)(C)c1cc(C(C)(C)C)cc([As](c3ccccc3)c3ccccc3)c1O2. The van der Waals surface area contributed by atoms with E-state index in [9.17, 15) is 0 Å². The molecule has 0 saturated heterocycles. The Morgan fingerprint density at radius 1 is 0.250 bits per heavy atom. The van der Waals surface area contributed by atoms with E-state index in [1.807, 2.05) is 0 Å². The molecule has 100 heavy (non-hydrogen) atoms. The molecule has 0 aromatic heterocycles. The van der Waals surface area contributed by atoms with Gasteiger partial charge in [0.05, 0.1) is 0 Å². The summed E-state index contributed by atoms with van der Waals surface area (Å²) in [5, 5.41) is 3.96. The molecule has 2 nitrogen and oxygen atoms in total. The standard InChI is InChI=1S/C47H48As2O.C47H48AsOP/c1-45(2,3)33-29-39-43(41(31-33)48(35-21-13-9-14-22-35)36-23-15-10-16-24-36)50-44-40(47(39,7)8)30-34(46(4,5)6)32-42(44)49(37-25-17-11-18-26-37)38-27-19-12-20-28-38;1-45(2,3)33-29-39-43(41(31-33)48(35-21-13-9-14-22-35)36-23-15-10-16-24-36)49-44-40(47(39,7)8)30-34(46(4,5)6)32-42(44)50(37-25-17-11-18-26-37)38-27-19-12-20-28-38/h2*9-32H,1-8H3. The van der Waals surface area contributed by atoms with Crippen LogP contribution in [0.2, 0.25) is 0 Å². The van der Waals surface area contributed by atoms with E-state index < -0.39 is 51.9 Å². The fraction of sp³-hybridized carbons (Fsp3) is 0.234. The molecule has 0 aliphatic carbocycles. The van der Waals surface area contributed by atoms with Crippen LogP contribution >= 0.6 is 7.92 Å². The Morgan fingerprint density at radius 3 is 0.680 bits per heavy atom. The third kappa shape index (κ3) is 14.3. The molecule has 0 saturated carbocycles. The second kappa shape index (κ2) is 28.3. The van der Waals surface area contributed by atoms with E-state index in [1.165, 1.54) is 99.6 Å². The zero-order valence-corrected chi connectivity index (χ0v) is 67.8. The second-order valence-electron chi connectivity index (χ2n) is 32.0. The molecule has 12 aromatic carbocycles. The minimum atomic E-state index is -2.06. The van der Waals surface area contributed by atoms with Crippen LogP contribution in [0, 0.1) is 0 Å². The molecule has 0 radical (unpaired) electrons. The molecule has 0 spiro atoms. The van der Waals surface area contributed by atoms with E-state index in [2.05, 4.69) is 402 Å². The van der Waals surface area contributed by atoms with Gasteiger partial charge in [0.15, 0.2) is 0 Å². The Bertz CT molecular complexity index is 4060. The van der Waals surface area contributed by atoms with Gasteiger partial charge in [0.25, 0.3) is 0 Å². The van der Waals surface area contributed by atoms with Crippen molar-refractivity contribution in [1.82, 2.24) is 0 Å². The molecule has 6 heteroatoms. The van der Waals surface area contributed by atoms with Crippen LogP contribution in [0.1, 0.15) is 155 Å². The molecule has 2 heterocycles. The average molecular weight is 1510 g/mol. The first-order valence-corrected chi connectivity index (χ1v) is 45.2. The molecular formula is C94H96As3O2P. The van der Waals surface area contributed by atoms with Gasteiger partial charge in [-0.05, 0) is 0 Å². The fourth-order valence-electron chi connectivity index (χ4n) is 14.0. The Kier molecular flexibility index (Phi) is 20.0. The molecule has 14 rings (SSSR count). The number of ether oxygens (including phenoxy) is 2. The molecule has 12 aromatic rings. The first-order chi connectivity index (χ1) is 47.7. The molecular weight excluding hydrogens is 1420 g/mol. The molecule has 504 valence electrons. The van der Waals surface area contributed by atoms with E-state index in [4.69, 9.17) is 9.47 Å². The van der Waals surface area contributed by atoms with Crippen molar-refractivity contribution in [2.45, 2.75) is 143 Å². The molecule has 2 aliphatic rings. The summed E-state index contributed by atoms with van der Waals surface area (Å²) in [6.45, 7) is 37.8. The maximum absolute atomic E-state index is 7.63. The number of hydrogen-bond donors (Lipinski definition) is 0. The third-order valence-electron chi connectivity index (χ3n) is 19.9. The van der Waals surface area contributed by atoms with Gasteiger partial charge in [-0.25, -0.2) is 0 Å². The van der Waals surface area contributed by atoms with Crippen LogP contribution < -0.4 is 64.5 Å². The monoisotopic (exact) mass is 1510 g/mol. The Balaban J connectivity index is 0.000000179. The maximum atomic E-state index is 7.63. The first kappa shape index (κ1) is 70.8. The van der Waals surface area contributed by atoms with Crippen LogP contribution in [-0.4, -0.2) is 44.0 Å². The van der Waals surface area contributed by atoms with Crippen molar-refractivity contribution in [3.8, 4) is 23.0 Å². The van der Waals surface area contributed by atoms with E-state index >= 15 is 0 Å². The van der Waals surface area contributed by atoms with Gasteiger partial charge in [-0.15, -0.1) is 0 Å².